The van der Waals surface area contributed by atoms with Crippen molar-refractivity contribution in [2.45, 2.75) is 26.8 Å². The van der Waals surface area contributed by atoms with Crippen molar-refractivity contribution < 1.29 is 24.2 Å². The van der Waals surface area contributed by atoms with E-state index in [1.54, 1.807) is 43.5 Å². The second-order valence-corrected chi connectivity index (χ2v) is 8.10. The maximum atomic E-state index is 12.6. The summed E-state index contributed by atoms with van der Waals surface area (Å²) in [5.41, 5.74) is 3.53. The molecule has 0 fully saturated rings. The summed E-state index contributed by atoms with van der Waals surface area (Å²) in [6.07, 6.45) is 1.45. The molecule has 0 saturated heterocycles. The average Bonchev–Trinajstić information content (AvgIpc) is 2.75. The molecule has 166 valence electrons. The van der Waals surface area contributed by atoms with E-state index in [0.717, 1.165) is 0 Å². The first-order valence-corrected chi connectivity index (χ1v) is 10.8. The molecule has 0 aliphatic heterocycles. The number of phenolic OH excluding ortho intramolecular Hbond substituents is 1. The number of aromatic hydroxyl groups is 1. The number of carbonyl (C=O) groups is 2. The summed E-state index contributed by atoms with van der Waals surface area (Å²) in [5, 5.41) is 16.7. The van der Waals surface area contributed by atoms with Crippen LogP contribution in [0.4, 0.5) is 0 Å². The van der Waals surface area contributed by atoms with Gasteiger partial charge in [0.1, 0.15) is 11.8 Å². The molecule has 0 saturated carbocycles. The summed E-state index contributed by atoms with van der Waals surface area (Å²) >= 11 is 1.99. The molecular formula is C22H26IN3O5. The second kappa shape index (κ2) is 11.5. The second-order valence-electron chi connectivity index (χ2n) is 6.94. The monoisotopic (exact) mass is 539 g/mol. The first-order valence-electron chi connectivity index (χ1n) is 9.70. The number of ether oxygens (including phenoxy) is 2. The van der Waals surface area contributed by atoms with Crippen molar-refractivity contribution in [2.75, 3.05) is 13.7 Å². The van der Waals surface area contributed by atoms with Crippen LogP contribution in [0, 0.1) is 9.49 Å². The van der Waals surface area contributed by atoms with Gasteiger partial charge in [-0.25, -0.2) is 5.43 Å². The normalized spacial score (nSPS) is 11.9. The van der Waals surface area contributed by atoms with Crippen molar-refractivity contribution in [3.05, 3.63) is 51.1 Å². The minimum atomic E-state index is -0.773. The molecule has 0 aromatic heterocycles. The molecule has 0 spiro atoms. The average molecular weight is 539 g/mol. The summed E-state index contributed by atoms with van der Waals surface area (Å²) in [6, 6.07) is 9.18. The van der Waals surface area contributed by atoms with Crippen molar-refractivity contribution in [1.29, 1.82) is 0 Å². The van der Waals surface area contributed by atoms with Crippen molar-refractivity contribution in [3.63, 3.8) is 0 Å². The molecule has 2 amide bonds. The van der Waals surface area contributed by atoms with E-state index in [4.69, 9.17) is 9.47 Å². The molecule has 0 heterocycles. The van der Waals surface area contributed by atoms with Crippen LogP contribution in [0.15, 0.2) is 41.5 Å². The van der Waals surface area contributed by atoms with E-state index in [9.17, 15) is 14.7 Å². The standard InChI is InChI=1S/C22H26IN3O5/c1-5-31-18-11-14(10-17(23)20(18)27)12-24-26-22(29)19(13(2)3)25-21(28)15-6-8-16(30-4)9-7-15/h6-13,19,27H,5H2,1-4H3,(H,25,28)(H,26,29)/b24-12+. The number of halogens is 1. The van der Waals surface area contributed by atoms with Crippen LogP contribution in [0.5, 0.6) is 17.2 Å². The molecule has 0 aliphatic carbocycles. The number of phenols is 1. The molecule has 2 aromatic carbocycles. The third-order valence-corrected chi connectivity index (χ3v) is 5.15. The lowest BCUT2D eigenvalue weighted by atomic mass is 10.0. The Morgan fingerprint density at radius 3 is 2.48 bits per heavy atom. The molecule has 3 N–H and O–H groups in total. The van der Waals surface area contributed by atoms with Crippen LogP contribution >= 0.6 is 22.6 Å². The van der Waals surface area contributed by atoms with Gasteiger partial charge in [0, 0.05) is 5.56 Å². The van der Waals surface area contributed by atoms with Gasteiger partial charge in [-0.2, -0.15) is 5.10 Å². The highest BCUT2D eigenvalue weighted by Crippen LogP contribution is 2.32. The van der Waals surface area contributed by atoms with Gasteiger partial charge in [0.05, 0.1) is 23.5 Å². The molecule has 2 aromatic rings. The van der Waals surface area contributed by atoms with Crippen LogP contribution < -0.4 is 20.2 Å². The third kappa shape index (κ3) is 6.84. The maximum absolute atomic E-state index is 12.6. The van der Waals surface area contributed by atoms with Gasteiger partial charge in [0.25, 0.3) is 11.8 Å². The van der Waals surface area contributed by atoms with Gasteiger partial charge in [0.2, 0.25) is 0 Å². The summed E-state index contributed by atoms with van der Waals surface area (Å²) in [6.45, 7) is 5.89. The molecule has 2 rings (SSSR count). The van der Waals surface area contributed by atoms with Crippen LogP contribution in [0.25, 0.3) is 0 Å². The molecule has 0 radical (unpaired) electrons. The number of nitrogens with zero attached hydrogens (tertiary/aromatic N) is 1. The van der Waals surface area contributed by atoms with E-state index in [0.29, 0.717) is 32.8 Å². The fourth-order valence-electron chi connectivity index (χ4n) is 2.68. The van der Waals surface area contributed by atoms with E-state index >= 15 is 0 Å². The van der Waals surface area contributed by atoms with E-state index in [2.05, 4.69) is 15.8 Å². The van der Waals surface area contributed by atoms with Crippen molar-refractivity contribution in [3.8, 4) is 17.2 Å². The molecular weight excluding hydrogens is 513 g/mol. The summed E-state index contributed by atoms with van der Waals surface area (Å²) < 4.78 is 11.1. The Bertz CT molecular complexity index is 945. The number of benzene rings is 2. The SMILES string of the molecule is CCOc1cc(/C=N/NC(=O)C(NC(=O)c2ccc(OC)cc2)C(C)C)cc(I)c1O. The predicted molar refractivity (Wildman–Crippen MR) is 127 cm³/mol. The topological polar surface area (TPSA) is 109 Å². The first-order chi connectivity index (χ1) is 14.8. The first kappa shape index (κ1) is 24.4. The summed E-state index contributed by atoms with van der Waals surface area (Å²) in [4.78, 5) is 25.1. The van der Waals surface area contributed by atoms with E-state index in [-0.39, 0.29) is 17.6 Å². The largest absolute Gasteiger partial charge is 0.504 e. The van der Waals surface area contributed by atoms with Crippen LogP contribution in [0.2, 0.25) is 0 Å². The van der Waals surface area contributed by atoms with Crippen molar-refractivity contribution in [1.82, 2.24) is 10.7 Å². The highest BCUT2D eigenvalue weighted by Gasteiger charge is 2.24. The Morgan fingerprint density at radius 2 is 1.90 bits per heavy atom. The highest BCUT2D eigenvalue weighted by molar-refractivity contribution is 14.1. The number of rotatable bonds is 9. The van der Waals surface area contributed by atoms with Gasteiger partial charge in [-0.15, -0.1) is 0 Å². The smallest absolute Gasteiger partial charge is 0.262 e. The van der Waals surface area contributed by atoms with Gasteiger partial charge in [-0.05, 0) is 77.4 Å². The predicted octanol–water partition coefficient (Wildman–Crippen LogP) is 3.31. The van der Waals surface area contributed by atoms with Gasteiger partial charge < -0.3 is 19.9 Å². The Hall–Kier alpha value is -2.82. The number of carbonyl (C=O) groups excluding carboxylic acids is 2. The van der Waals surface area contributed by atoms with Gasteiger partial charge >= 0.3 is 0 Å². The molecule has 9 heteroatoms. The summed E-state index contributed by atoms with van der Waals surface area (Å²) in [5.74, 6) is 0.0808. The lowest BCUT2D eigenvalue weighted by molar-refractivity contribution is -0.123. The minimum absolute atomic E-state index is 0.0600. The number of hydrazone groups is 1. The number of nitrogens with one attached hydrogen (secondary N) is 2. The molecule has 1 atom stereocenters. The molecule has 0 aliphatic rings. The van der Waals surface area contributed by atoms with Gasteiger partial charge in [-0.1, -0.05) is 13.8 Å². The summed E-state index contributed by atoms with van der Waals surface area (Å²) in [7, 11) is 1.55. The Balaban J connectivity index is 2.06. The Morgan fingerprint density at radius 1 is 1.23 bits per heavy atom. The van der Waals surface area contributed by atoms with Crippen LogP contribution in [0.3, 0.4) is 0 Å². The van der Waals surface area contributed by atoms with E-state index in [1.165, 1.54) is 6.21 Å². The zero-order chi connectivity index (χ0) is 23.0. The quantitative estimate of drug-likeness (QED) is 0.258. The lowest BCUT2D eigenvalue weighted by Crippen LogP contribution is -2.48. The molecule has 31 heavy (non-hydrogen) atoms. The van der Waals surface area contributed by atoms with E-state index < -0.39 is 11.9 Å². The minimum Gasteiger partial charge on any atom is -0.504 e. The Labute approximate surface area is 195 Å². The van der Waals surface area contributed by atoms with Crippen molar-refractivity contribution in [2.24, 2.45) is 11.0 Å². The fourth-order valence-corrected chi connectivity index (χ4v) is 3.30. The van der Waals surface area contributed by atoms with Gasteiger partial charge in [0.15, 0.2) is 11.5 Å². The van der Waals surface area contributed by atoms with Crippen LogP contribution in [0.1, 0.15) is 36.7 Å². The van der Waals surface area contributed by atoms with Crippen molar-refractivity contribution >= 4 is 40.6 Å². The van der Waals surface area contributed by atoms with Crippen LogP contribution in [-0.4, -0.2) is 42.9 Å². The lowest BCUT2D eigenvalue weighted by Gasteiger charge is -2.20. The Kier molecular flexibility index (Phi) is 9.10. The molecule has 1 unspecified atom stereocenters. The number of methoxy groups -OCH3 is 1. The van der Waals surface area contributed by atoms with Gasteiger partial charge in [-0.3, -0.25) is 9.59 Å². The molecule has 0 bridgehead atoms. The molecule has 8 nitrogen and oxygen atoms in total. The number of amides is 2. The van der Waals surface area contributed by atoms with E-state index in [1.807, 2.05) is 43.4 Å². The van der Waals surface area contributed by atoms with Crippen LogP contribution in [-0.2, 0) is 4.79 Å². The number of hydrogen-bond donors (Lipinski definition) is 3. The maximum Gasteiger partial charge on any atom is 0.262 e. The zero-order valence-corrected chi connectivity index (χ0v) is 20.0. The number of hydrogen-bond acceptors (Lipinski definition) is 6. The third-order valence-electron chi connectivity index (χ3n) is 4.33. The fraction of sp³-hybridized carbons (Fsp3) is 0.318. The zero-order valence-electron chi connectivity index (χ0n) is 17.8. The highest BCUT2D eigenvalue weighted by atomic mass is 127.